The molecular weight excluding hydrogens is 262 g/mol. The quantitative estimate of drug-likeness (QED) is 0.589. The second kappa shape index (κ2) is 8.16. The van der Waals surface area contributed by atoms with Gasteiger partial charge in [-0.3, -0.25) is 9.59 Å². The molecule has 1 aromatic carbocycles. The van der Waals surface area contributed by atoms with E-state index in [9.17, 15) is 9.59 Å². The lowest BCUT2D eigenvalue weighted by Crippen LogP contribution is -2.34. The lowest BCUT2D eigenvalue weighted by atomic mass is 9.95. The Morgan fingerprint density at radius 1 is 1.15 bits per heavy atom. The molecule has 2 unspecified atom stereocenters. The van der Waals surface area contributed by atoms with Crippen LogP contribution in [0.5, 0.6) is 5.75 Å². The van der Waals surface area contributed by atoms with Gasteiger partial charge in [0.1, 0.15) is 11.8 Å². The standard InChI is InChI=1S/C14H19NO5/c15-12(14(18)19)9-10(13(16)17)5-4-8-20-11-6-2-1-3-7-11/h1-3,6-7,10,12H,4-5,8-9,15H2,(H,16,17)(H,18,19). The third kappa shape index (κ3) is 5.71. The molecular formula is C14H19NO5. The van der Waals surface area contributed by atoms with Gasteiger partial charge < -0.3 is 20.7 Å². The number of benzene rings is 1. The Labute approximate surface area is 117 Å². The Kier molecular flexibility index (Phi) is 6.52. The molecule has 2 atom stereocenters. The van der Waals surface area contributed by atoms with Gasteiger partial charge in [0.25, 0.3) is 0 Å². The van der Waals surface area contributed by atoms with Gasteiger partial charge in [-0.2, -0.15) is 0 Å². The minimum Gasteiger partial charge on any atom is -0.494 e. The first-order chi connectivity index (χ1) is 9.50. The minimum absolute atomic E-state index is 0.0734. The summed E-state index contributed by atoms with van der Waals surface area (Å²) >= 11 is 0. The molecule has 0 saturated heterocycles. The highest BCUT2D eigenvalue weighted by Crippen LogP contribution is 2.15. The summed E-state index contributed by atoms with van der Waals surface area (Å²) in [6.45, 7) is 0.385. The number of para-hydroxylation sites is 1. The summed E-state index contributed by atoms with van der Waals surface area (Å²) in [4.78, 5) is 21.7. The Bertz CT molecular complexity index is 434. The van der Waals surface area contributed by atoms with Crippen molar-refractivity contribution in [3.63, 3.8) is 0 Å². The Hall–Kier alpha value is -2.08. The van der Waals surface area contributed by atoms with Gasteiger partial charge in [0.15, 0.2) is 0 Å². The number of aliphatic carboxylic acids is 2. The Balaban J connectivity index is 2.32. The molecule has 0 bridgehead atoms. The zero-order valence-electron chi connectivity index (χ0n) is 11.1. The predicted molar refractivity (Wildman–Crippen MR) is 72.5 cm³/mol. The number of carbonyl (C=O) groups is 2. The third-order valence-corrected chi connectivity index (χ3v) is 2.91. The molecule has 1 aromatic rings. The van der Waals surface area contributed by atoms with Crippen molar-refractivity contribution in [2.75, 3.05) is 6.61 Å². The fourth-order valence-corrected chi connectivity index (χ4v) is 1.79. The van der Waals surface area contributed by atoms with E-state index in [0.717, 1.165) is 5.75 Å². The van der Waals surface area contributed by atoms with Crippen molar-refractivity contribution in [3.05, 3.63) is 30.3 Å². The number of hydrogen-bond donors (Lipinski definition) is 3. The highest BCUT2D eigenvalue weighted by atomic mass is 16.5. The highest BCUT2D eigenvalue weighted by Gasteiger charge is 2.23. The number of rotatable bonds is 9. The van der Waals surface area contributed by atoms with E-state index in [-0.39, 0.29) is 6.42 Å². The molecule has 4 N–H and O–H groups in total. The molecule has 1 rings (SSSR count). The first-order valence-corrected chi connectivity index (χ1v) is 6.39. The topological polar surface area (TPSA) is 110 Å². The molecule has 0 aliphatic heterocycles. The molecule has 0 spiro atoms. The van der Waals surface area contributed by atoms with Crippen molar-refractivity contribution in [3.8, 4) is 5.75 Å². The van der Waals surface area contributed by atoms with Gasteiger partial charge >= 0.3 is 11.9 Å². The zero-order valence-corrected chi connectivity index (χ0v) is 11.1. The van der Waals surface area contributed by atoms with Crippen LogP contribution in [0.1, 0.15) is 19.3 Å². The summed E-state index contributed by atoms with van der Waals surface area (Å²) in [5.74, 6) is -2.25. The van der Waals surface area contributed by atoms with Crippen LogP contribution < -0.4 is 10.5 Å². The maximum Gasteiger partial charge on any atom is 0.320 e. The van der Waals surface area contributed by atoms with Crippen LogP contribution in [0.3, 0.4) is 0 Å². The van der Waals surface area contributed by atoms with Crippen LogP contribution in [0.4, 0.5) is 0 Å². The molecule has 0 radical (unpaired) electrons. The lowest BCUT2D eigenvalue weighted by Gasteiger charge is -2.15. The average Bonchev–Trinajstić information content (AvgIpc) is 2.42. The smallest absolute Gasteiger partial charge is 0.320 e. The van der Waals surface area contributed by atoms with E-state index in [1.165, 1.54) is 0 Å². The van der Waals surface area contributed by atoms with Crippen molar-refractivity contribution in [2.45, 2.75) is 25.3 Å². The normalized spacial score (nSPS) is 13.4. The number of nitrogens with two attached hydrogens (primary N) is 1. The van der Waals surface area contributed by atoms with E-state index in [2.05, 4.69) is 0 Å². The lowest BCUT2D eigenvalue weighted by molar-refractivity contribution is -0.143. The monoisotopic (exact) mass is 281 g/mol. The van der Waals surface area contributed by atoms with Crippen LogP contribution in [0.2, 0.25) is 0 Å². The molecule has 0 aliphatic rings. The Morgan fingerprint density at radius 3 is 2.35 bits per heavy atom. The van der Waals surface area contributed by atoms with Gasteiger partial charge in [0.05, 0.1) is 12.5 Å². The fraction of sp³-hybridized carbons (Fsp3) is 0.429. The molecule has 0 amide bonds. The SMILES string of the molecule is NC(CC(CCCOc1ccccc1)C(=O)O)C(=O)O. The van der Waals surface area contributed by atoms with E-state index in [1.54, 1.807) is 0 Å². The zero-order chi connectivity index (χ0) is 15.0. The fourth-order valence-electron chi connectivity index (χ4n) is 1.79. The maximum absolute atomic E-state index is 11.0. The highest BCUT2D eigenvalue weighted by molar-refractivity contribution is 5.75. The van der Waals surface area contributed by atoms with Crippen LogP contribution in [0.15, 0.2) is 30.3 Å². The van der Waals surface area contributed by atoms with Gasteiger partial charge in [0, 0.05) is 0 Å². The van der Waals surface area contributed by atoms with Crippen LogP contribution in [0, 0.1) is 5.92 Å². The van der Waals surface area contributed by atoms with Crippen molar-refractivity contribution in [1.29, 1.82) is 0 Å². The van der Waals surface area contributed by atoms with Crippen molar-refractivity contribution >= 4 is 11.9 Å². The number of ether oxygens (including phenoxy) is 1. The van der Waals surface area contributed by atoms with Gasteiger partial charge in [-0.1, -0.05) is 18.2 Å². The van der Waals surface area contributed by atoms with Crippen LogP contribution in [-0.4, -0.2) is 34.8 Å². The van der Waals surface area contributed by atoms with E-state index in [1.807, 2.05) is 30.3 Å². The van der Waals surface area contributed by atoms with Crippen LogP contribution in [0.25, 0.3) is 0 Å². The average molecular weight is 281 g/mol. The number of carboxylic acids is 2. The van der Waals surface area contributed by atoms with Gasteiger partial charge in [-0.25, -0.2) is 0 Å². The van der Waals surface area contributed by atoms with E-state index >= 15 is 0 Å². The molecule has 6 nitrogen and oxygen atoms in total. The summed E-state index contributed by atoms with van der Waals surface area (Å²) in [7, 11) is 0. The number of hydrogen-bond acceptors (Lipinski definition) is 4. The predicted octanol–water partition coefficient (Wildman–Crippen LogP) is 1.35. The molecule has 6 heteroatoms. The van der Waals surface area contributed by atoms with Crippen LogP contribution >= 0.6 is 0 Å². The summed E-state index contributed by atoms with van der Waals surface area (Å²) in [6.07, 6.45) is 0.789. The van der Waals surface area contributed by atoms with E-state index < -0.39 is 23.9 Å². The third-order valence-electron chi connectivity index (χ3n) is 2.91. The largest absolute Gasteiger partial charge is 0.494 e. The summed E-state index contributed by atoms with van der Waals surface area (Å²) in [5, 5.41) is 17.7. The van der Waals surface area contributed by atoms with Crippen molar-refractivity contribution in [2.24, 2.45) is 11.7 Å². The molecule has 0 fully saturated rings. The summed E-state index contributed by atoms with van der Waals surface area (Å²) in [5.41, 5.74) is 5.36. The first-order valence-electron chi connectivity index (χ1n) is 6.39. The minimum atomic E-state index is -1.18. The summed E-state index contributed by atoms with van der Waals surface area (Å²) in [6, 6.07) is 8.05. The molecule has 0 saturated carbocycles. The van der Waals surface area contributed by atoms with Gasteiger partial charge in [-0.15, -0.1) is 0 Å². The van der Waals surface area contributed by atoms with E-state index in [0.29, 0.717) is 19.4 Å². The Morgan fingerprint density at radius 2 is 1.80 bits per heavy atom. The van der Waals surface area contributed by atoms with Gasteiger partial charge in [0.2, 0.25) is 0 Å². The maximum atomic E-state index is 11.0. The molecule has 0 aliphatic carbocycles. The molecule has 110 valence electrons. The number of carboxylic acid groups (broad SMARTS) is 2. The van der Waals surface area contributed by atoms with Crippen molar-refractivity contribution in [1.82, 2.24) is 0 Å². The van der Waals surface area contributed by atoms with Crippen LogP contribution in [-0.2, 0) is 9.59 Å². The second-order valence-corrected chi connectivity index (χ2v) is 4.52. The van der Waals surface area contributed by atoms with Crippen molar-refractivity contribution < 1.29 is 24.5 Å². The molecule has 20 heavy (non-hydrogen) atoms. The van der Waals surface area contributed by atoms with E-state index in [4.69, 9.17) is 20.7 Å². The molecule has 0 heterocycles. The summed E-state index contributed by atoms with van der Waals surface area (Å²) < 4.78 is 5.45. The first kappa shape index (κ1) is 16.0. The second-order valence-electron chi connectivity index (χ2n) is 4.52. The van der Waals surface area contributed by atoms with Gasteiger partial charge in [-0.05, 0) is 31.4 Å². The molecule has 0 aromatic heterocycles.